The molecule has 4 rings (SSSR count). The number of pyridine rings is 1. The van der Waals surface area contributed by atoms with E-state index in [0.717, 1.165) is 37.9 Å². The average Bonchev–Trinajstić information content (AvgIpc) is 3.33. The molecular weight excluding hydrogens is 298 g/mol. The maximum absolute atomic E-state index is 5.96. The minimum Gasteiger partial charge on any atom is -0.490 e. The highest BCUT2D eigenvalue weighted by molar-refractivity contribution is 5.49. The van der Waals surface area contributed by atoms with Gasteiger partial charge in [0.25, 0.3) is 0 Å². The van der Waals surface area contributed by atoms with Crippen molar-refractivity contribution in [2.24, 2.45) is 11.8 Å². The van der Waals surface area contributed by atoms with Crippen molar-refractivity contribution in [3.05, 3.63) is 42.8 Å². The van der Waals surface area contributed by atoms with Gasteiger partial charge in [-0.1, -0.05) is 24.3 Å². The molecule has 1 N–H and O–H groups in total. The summed E-state index contributed by atoms with van der Waals surface area (Å²) in [5.74, 6) is 2.34. The largest absolute Gasteiger partial charge is 0.490 e. The fourth-order valence-electron chi connectivity index (χ4n) is 4.08. The summed E-state index contributed by atoms with van der Waals surface area (Å²) in [6.07, 6.45) is 17.7. The number of hydrogen-bond acceptors (Lipinski definition) is 4. The fourth-order valence-corrected chi connectivity index (χ4v) is 4.08. The number of nitrogens with one attached hydrogen (secondary N) is 1. The second-order valence-corrected chi connectivity index (χ2v) is 7.19. The van der Waals surface area contributed by atoms with Crippen LogP contribution in [0.5, 0.6) is 5.75 Å². The summed E-state index contributed by atoms with van der Waals surface area (Å²) in [6, 6.07) is 2.65. The number of rotatable bonds is 5. The van der Waals surface area contributed by atoms with Crippen LogP contribution in [0, 0.1) is 11.8 Å². The van der Waals surface area contributed by atoms with Crippen molar-refractivity contribution in [1.29, 1.82) is 0 Å². The Hall–Kier alpha value is -1.81. The molecule has 1 unspecified atom stereocenters. The van der Waals surface area contributed by atoms with Gasteiger partial charge in [-0.25, -0.2) is 0 Å². The highest BCUT2D eigenvalue weighted by Crippen LogP contribution is 2.33. The minimum absolute atomic E-state index is 0.496. The Morgan fingerprint density at radius 2 is 2.25 bits per heavy atom. The van der Waals surface area contributed by atoms with Gasteiger partial charge in [-0.15, -0.1) is 0 Å². The summed E-state index contributed by atoms with van der Waals surface area (Å²) < 4.78 is 5.96. The first-order chi connectivity index (χ1) is 11.9. The molecular formula is C20H27N3O. The van der Waals surface area contributed by atoms with E-state index in [1.807, 2.05) is 12.4 Å². The van der Waals surface area contributed by atoms with Crippen LogP contribution in [0.4, 0.5) is 5.69 Å². The van der Waals surface area contributed by atoms with Crippen LogP contribution in [-0.2, 0) is 0 Å². The van der Waals surface area contributed by atoms with Gasteiger partial charge in [0.1, 0.15) is 12.4 Å². The lowest BCUT2D eigenvalue weighted by Crippen LogP contribution is -2.28. The lowest BCUT2D eigenvalue weighted by atomic mass is 9.86. The molecule has 4 nitrogen and oxygen atoms in total. The summed E-state index contributed by atoms with van der Waals surface area (Å²) in [6.45, 7) is 4.10. The summed E-state index contributed by atoms with van der Waals surface area (Å²) >= 11 is 0. The van der Waals surface area contributed by atoms with E-state index in [2.05, 4.69) is 45.6 Å². The monoisotopic (exact) mass is 325 g/mol. The average molecular weight is 325 g/mol. The molecule has 1 aromatic heterocycles. The smallest absolute Gasteiger partial charge is 0.139 e. The molecule has 0 spiro atoms. The number of anilines is 1. The highest BCUT2D eigenvalue weighted by Gasteiger charge is 2.28. The predicted molar refractivity (Wildman–Crippen MR) is 97.5 cm³/mol. The SMILES string of the molecule is C1=CC[C@H](C2CCN(c3cncc(OC[C@@H]4CCCN4)c3)C2)C=C1. The van der Waals surface area contributed by atoms with E-state index in [1.165, 1.54) is 31.4 Å². The Kier molecular flexibility index (Phi) is 4.83. The topological polar surface area (TPSA) is 37.4 Å². The molecule has 0 saturated carbocycles. The Morgan fingerprint density at radius 3 is 3.08 bits per heavy atom. The molecule has 4 heteroatoms. The van der Waals surface area contributed by atoms with Crippen molar-refractivity contribution in [2.75, 3.05) is 31.1 Å². The summed E-state index contributed by atoms with van der Waals surface area (Å²) in [7, 11) is 0. The number of ether oxygens (including phenoxy) is 1. The summed E-state index contributed by atoms with van der Waals surface area (Å²) in [5, 5.41) is 3.47. The first-order valence-electron chi connectivity index (χ1n) is 9.28. The molecule has 0 bridgehead atoms. The first kappa shape index (κ1) is 15.7. The van der Waals surface area contributed by atoms with E-state index < -0.39 is 0 Å². The number of nitrogens with zero attached hydrogens (tertiary/aromatic N) is 2. The van der Waals surface area contributed by atoms with Gasteiger partial charge in [0.05, 0.1) is 18.1 Å². The fraction of sp³-hybridized carbons (Fsp3) is 0.550. The van der Waals surface area contributed by atoms with Gasteiger partial charge in [-0.05, 0) is 44.1 Å². The lowest BCUT2D eigenvalue weighted by Gasteiger charge is -2.23. The van der Waals surface area contributed by atoms with Crippen molar-refractivity contribution in [3.8, 4) is 5.75 Å². The molecule has 0 amide bonds. The van der Waals surface area contributed by atoms with E-state index >= 15 is 0 Å². The van der Waals surface area contributed by atoms with Crippen molar-refractivity contribution in [2.45, 2.75) is 31.7 Å². The van der Waals surface area contributed by atoms with Gasteiger partial charge in [-0.3, -0.25) is 4.98 Å². The molecule has 2 fully saturated rings. The zero-order valence-corrected chi connectivity index (χ0v) is 14.2. The molecule has 3 heterocycles. The van der Waals surface area contributed by atoms with Crippen LogP contribution in [0.2, 0.25) is 0 Å². The molecule has 3 aliphatic rings. The lowest BCUT2D eigenvalue weighted by molar-refractivity contribution is 0.276. The first-order valence-corrected chi connectivity index (χ1v) is 9.28. The van der Waals surface area contributed by atoms with Gasteiger partial charge in [0.15, 0.2) is 0 Å². The minimum atomic E-state index is 0.496. The Labute approximate surface area is 144 Å². The summed E-state index contributed by atoms with van der Waals surface area (Å²) in [5.41, 5.74) is 1.20. The molecule has 3 atom stereocenters. The number of hydrogen-bond donors (Lipinski definition) is 1. The van der Waals surface area contributed by atoms with Crippen LogP contribution in [0.15, 0.2) is 42.8 Å². The maximum atomic E-state index is 5.96. The predicted octanol–water partition coefficient (Wildman–Crippen LogP) is 3.17. The van der Waals surface area contributed by atoms with Gasteiger partial charge in [-0.2, -0.15) is 0 Å². The van der Waals surface area contributed by atoms with Crippen LogP contribution in [0.25, 0.3) is 0 Å². The normalized spacial score (nSPS) is 29.3. The number of allylic oxidation sites excluding steroid dienone is 4. The molecule has 24 heavy (non-hydrogen) atoms. The van der Waals surface area contributed by atoms with E-state index in [0.29, 0.717) is 12.0 Å². The molecule has 128 valence electrons. The Morgan fingerprint density at radius 1 is 1.25 bits per heavy atom. The van der Waals surface area contributed by atoms with Crippen molar-refractivity contribution < 1.29 is 4.74 Å². The van der Waals surface area contributed by atoms with Crippen LogP contribution in [0.1, 0.15) is 25.7 Å². The Balaban J connectivity index is 1.35. The van der Waals surface area contributed by atoms with Gasteiger partial charge >= 0.3 is 0 Å². The van der Waals surface area contributed by atoms with Gasteiger partial charge in [0.2, 0.25) is 0 Å². The summed E-state index contributed by atoms with van der Waals surface area (Å²) in [4.78, 5) is 6.86. The zero-order chi connectivity index (χ0) is 16.2. The molecule has 1 aromatic rings. The van der Waals surface area contributed by atoms with Gasteiger partial charge < -0.3 is 15.0 Å². The quantitative estimate of drug-likeness (QED) is 0.902. The molecule has 1 aliphatic carbocycles. The van der Waals surface area contributed by atoms with Crippen LogP contribution < -0.4 is 15.0 Å². The molecule has 2 aliphatic heterocycles. The van der Waals surface area contributed by atoms with Crippen molar-refractivity contribution >= 4 is 5.69 Å². The third-order valence-electron chi connectivity index (χ3n) is 5.52. The highest BCUT2D eigenvalue weighted by atomic mass is 16.5. The van der Waals surface area contributed by atoms with Crippen molar-refractivity contribution in [3.63, 3.8) is 0 Å². The standard InChI is InChI=1S/C20H27N3O/c1-2-5-16(6-3-1)17-8-10-23(14-17)19-11-20(13-21-12-19)24-15-18-7-4-9-22-18/h1-3,5,11-13,16-18,22H,4,6-10,14-15H2/t16-,17?,18+/m1/s1. The van der Waals surface area contributed by atoms with E-state index in [1.54, 1.807) is 0 Å². The third kappa shape index (κ3) is 3.64. The van der Waals surface area contributed by atoms with E-state index in [4.69, 9.17) is 4.74 Å². The molecule has 2 saturated heterocycles. The second kappa shape index (κ2) is 7.39. The van der Waals surface area contributed by atoms with E-state index in [-0.39, 0.29) is 0 Å². The second-order valence-electron chi connectivity index (χ2n) is 7.19. The van der Waals surface area contributed by atoms with Crippen molar-refractivity contribution in [1.82, 2.24) is 10.3 Å². The van der Waals surface area contributed by atoms with Gasteiger partial charge in [0, 0.05) is 25.2 Å². The van der Waals surface area contributed by atoms with Crippen LogP contribution in [-0.4, -0.2) is 37.3 Å². The zero-order valence-electron chi connectivity index (χ0n) is 14.2. The number of aromatic nitrogens is 1. The van der Waals surface area contributed by atoms with Crippen LogP contribution >= 0.6 is 0 Å². The molecule has 0 radical (unpaired) electrons. The van der Waals surface area contributed by atoms with E-state index in [9.17, 15) is 0 Å². The third-order valence-corrected chi connectivity index (χ3v) is 5.52. The maximum Gasteiger partial charge on any atom is 0.139 e. The molecule has 0 aromatic carbocycles. The van der Waals surface area contributed by atoms with Crippen LogP contribution in [0.3, 0.4) is 0 Å². The Bertz CT molecular complexity index is 607.